The van der Waals surface area contributed by atoms with Crippen molar-refractivity contribution in [2.75, 3.05) is 23.7 Å². The molecule has 86 valence electrons. The molecule has 1 aliphatic carbocycles. The zero-order valence-electron chi connectivity index (χ0n) is 9.82. The number of fused-ring (bicyclic) bond motifs is 1. The number of nitrogens with two attached hydrogens (primary N) is 1. The molecule has 1 aromatic heterocycles. The van der Waals surface area contributed by atoms with Crippen LogP contribution in [0.2, 0.25) is 0 Å². The van der Waals surface area contributed by atoms with Gasteiger partial charge in [-0.25, -0.2) is 4.98 Å². The van der Waals surface area contributed by atoms with Gasteiger partial charge in [0.1, 0.15) is 0 Å². The van der Waals surface area contributed by atoms with Gasteiger partial charge in [0.15, 0.2) is 5.82 Å². The maximum absolute atomic E-state index is 6.05. The predicted octanol–water partition coefficient (Wildman–Crippen LogP) is 2.21. The summed E-state index contributed by atoms with van der Waals surface area (Å²) in [5.74, 6) is 2.78. The molecule has 2 aliphatic rings. The topological polar surface area (TPSA) is 42.2 Å². The lowest BCUT2D eigenvalue weighted by molar-refractivity contribution is 0.494. The van der Waals surface area contributed by atoms with Crippen molar-refractivity contribution in [3.8, 4) is 0 Å². The fraction of sp³-hybridized carbons (Fsp3) is 0.615. The molecule has 0 spiro atoms. The highest BCUT2D eigenvalue weighted by atomic mass is 15.2. The molecule has 2 N–H and O–H groups in total. The van der Waals surface area contributed by atoms with Crippen molar-refractivity contribution in [2.45, 2.75) is 26.2 Å². The molecule has 1 aromatic rings. The third-order valence-corrected chi connectivity index (χ3v) is 4.06. The van der Waals surface area contributed by atoms with Crippen LogP contribution in [0.15, 0.2) is 12.3 Å². The minimum Gasteiger partial charge on any atom is -0.396 e. The van der Waals surface area contributed by atoms with Crippen LogP contribution in [-0.2, 0) is 0 Å². The molecule has 1 saturated heterocycles. The highest BCUT2D eigenvalue weighted by Gasteiger charge is 2.36. The first-order valence-electron chi connectivity index (χ1n) is 6.21. The zero-order chi connectivity index (χ0) is 11.1. The summed E-state index contributed by atoms with van der Waals surface area (Å²) < 4.78 is 0. The second-order valence-electron chi connectivity index (χ2n) is 5.28. The van der Waals surface area contributed by atoms with Crippen molar-refractivity contribution in [2.24, 2.45) is 11.8 Å². The molecule has 1 saturated carbocycles. The Morgan fingerprint density at radius 3 is 2.62 bits per heavy atom. The van der Waals surface area contributed by atoms with Crippen LogP contribution < -0.4 is 10.6 Å². The Balaban J connectivity index is 1.83. The lowest BCUT2D eigenvalue weighted by atomic mass is 10.0. The summed E-state index contributed by atoms with van der Waals surface area (Å²) in [6, 6.07) is 2.02. The van der Waals surface area contributed by atoms with Crippen LogP contribution in [-0.4, -0.2) is 18.1 Å². The molecule has 1 aliphatic heterocycles. The minimum absolute atomic E-state index is 0.833. The minimum atomic E-state index is 0.833. The second-order valence-corrected chi connectivity index (χ2v) is 5.28. The monoisotopic (exact) mass is 217 g/mol. The molecular formula is C13H19N3. The van der Waals surface area contributed by atoms with E-state index in [2.05, 4.69) is 9.88 Å². The molecule has 2 atom stereocenters. The van der Waals surface area contributed by atoms with E-state index in [0.717, 1.165) is 42.0 Å². The van der Waals surface area contributed by atoms with Crippen molar-refractivity contribution in [3.63, 3.8) is 0 Å². The molecule has 0 aromatic carbocycles. The lowest BCUT2D eigenvalue weighted by Gasteiger charge is -2.20. The summed E-state index contributed by atoms with van der Waals surface area (Å²) in [4.78, 5) is 6.87. The van der Waals surface area contributed by atoms with Crippen molar-refractivity contribution < 1.29 is 0 Å². The van der Waals surface area contributed by atoms with Crippen molar-refractivity contribution >= 4 is 11.5 Å². The standard InChI is InChI=1S/C13H19N3/c1-9-5-12(14)13(15-6-9)16-7-10-3-2-4-11(10)8-16/h5-6,10-11H,2-4,7-8,14H2,1H3. The van der Waals surface area contributed by atoms with Gasteiger partial charge in [-0.15, -0.1) is 0 Å². The van der Waals surface area contributed by atoms with Gasteiger partial charge < -0.3 is 10.6 Å². The summed E-state index contributed by atoms with van der Waals surface area (Å²) in [7, 11) is 0. The Kier molecular flexibility index (Phi) is 2.27. The first kappa shape index (κ1) is 9.94. The maximum Gasteiger partial charge on any atom is 0.151 e. The number of hydrogen-bond donors (Lipinski definition) is 1. The Hall–Kier alpha value is -1.25. The average molecular weight is 217 g/mol. The average Bonchev–Trinajstić information content (AvgIpc) is 2.76. The summed E-state index contributed by atoms with van der Waals surface area (Å²) in [6.45, 7) is 4.35. The van der Waals surface area contributed by atoms with Crippen LogP contribution in [0.1, 0.15) is 24.8 Å². The Morgan fingerprint density at radius 1 is 1.31 bits per heavy atom. The fourth-order valence-corrected chi connectivity index (χ4v) is 3.26. The molecular weight excluding hydrogens is 198 g/mol. The smallest absolute Gasteiger partial charge is 0.151 e. The number of hydrogen-bond acceptors (Lipinski definition) is 3. The number of nitrogens with zero attached hydrogens (tertiary/aromatic N) is 2. The van der Waals surface area contributed by atoms with Crippen molar-refractivity contribution in [1.82, 2.24) is 4.98 Å². The van der Waals surface area contributed by atoms with E-state index in [0.29, 0.717) is 0 Å². The van der Waals surface area contributed by atoms with Gasteiger partial charge in [-0.3, -0.25) is 0 Å². The van der Waals surface area contributed by atoms with Crippen LogP contribution in [0.25, 0.3) is 0 Å². The third kappa shape index (κ3) is 1.55. The lowest BCUT2D eigenvalue weighted by Crippen LogP contribution is -2.23. The van der Waals surface area contributed by atoms with Crippen molar-refractivity contribution in [1.29, 1.82) is 0 Å². The van der Waals surface area contributed by atoms with Gasteiger partial charge in [-0.2, -0.15) is 0 Å². The highest BCUT2D eigenvalue weighted by molar-refractivity contribution is 5.63. The van der Waals surface area contributed by atoms with Gasteiger partial charge in [-0.1, -0.05) is 6.42 Å². The van der Waals surface area contributed by atoms with Gasteiger partial charge >= 0.3 is 0 Å². The molecule has 16 heavy (non-hydrogen) atoms. The van der Waals surface area contributed by atoms with E-state index in [1.165, 1.54) is 19.3 Å². The number of aryl methyl sites for hydroxylation is 1. The molecule has 2 unspecified atom stereocenters. The van der Waals surface area contributed by atoms with Crippen LogP contribution in [0.3, 0.4) is 0 Å². The summed E-state index contributed by atoms with van der Waals surface area (Å²) in [5.41, 5.74) is 8.02. The van der Waals surface area contributed by atoms with E-state index in [9.17, 15) is 0 Å². The molecule has 0 amide bonds. The molecule has 0 bridgehead atoms. The molecule has 2 fully saturated rings. The van der Waals surface area contributed by atoms with E-state index in [1.54, 1.807) is 0 Å². The summed E-state index contributed by atoms with van der Waals surface area (Å²) in [6.07, 6.45) is 6.12. The Labute approximate surface area is 96.7 Å². The molecule has 3 nitrogen and oxygen atoms in total. The van der Waals surface area contributed by atoms with Gasteiger partial charge in [-0.05, 0) is 43.2 Å². The van der Waals surface area contributed by atoms with Gasteiger partial charge in [0, 0.05) is 19.3 Å². The van der Waals surface area contributed by atoms with Gasteiger partial charge in [0.25, 0.3) is 0 Å². The summed E-state index contributed by atoms with van der Waals surface area (Å²) >= 11 is 0. The van der Waals surface area contributed by atoms with Crippen LogP contribution in [0.5, 0.6) is 0 Å². The zero-order valence-corrected chi connectivity index (χ0v) is 9.82. The second kappa shape index (κ2) is 3.65. The predicted molar refractivity (Wildman–Crippen MR) is 66.4 cm³/mol. The highest BCUT2D eigenvalue weighted by Crippen LogP contribution is 2.40. The number of pyridine rings is 1. The SMILES string of the molecule is Cc1cnc(N2CC3CCCC3C2)c(N)c1. The van der Waals surface area contributed by atoms with Crippen LogP contribution in [0, 0.1) is 18.8 Å². The van der Waals surface area contributed by atoms with Crippen LogP contribution in [0.4, 0.5) is 11.5 Å². The van der Waals surface area contributed by atoms with Gasteiger partial charge in [0.2, 0.25) is 0 Å². The van der Waals surface area contributed by atoms with E-state index >= 15 is 0 Å². The fourth-order valence-electron chi connectivity index (χ4n) is 3.26. The van der Waals surface area contributed by atoms with E-state index < -0.39 is 0 Å². The number of rotatable bonds is 1. The largest absolute Gasteiger partial charge is 0.396 e. The van der Waals surface area contributed by atoms with E-state index in [-0.39, 0.29) is 0 Å². The summed E-state index contributed by atoms with van der Waals surface area (Å²) in [5, 5.41) is 0. The third-order valence-electron chi connectivity index (χ3n) is 4.06. The van der Waals surface area contributed by atoms with Gasteiger partial charge in [0.05, 0.1) is 5.69 Å². The number of aromatic nitrogens is 1. The molecule has 2 heterocycles. The normalized spacial score (nSPS) is 28.4. The quantitative estimate of drug-likeness (QED) is 0.784. The van der Waals surface area contributed by atoms with E-state index in [4.69, 9.17) is 5.73 Å². The Bertz CT molecular complexity index is 390. The first-order valence-corrected chi connectivity index (χ1v) is 6.21. The van der Waals surface area contributed by atoms with Crippen molar-refractivity contribution in [3.05, 3.63) is 17.8 Å². The number of nitrogen functional groups attached to an aromatic ring is 1. The van der Waals surface area contributed by atoms with E-state index in [1.807, 2.05) is 19.2 Å². The molecule has 3 rings (SSSR count). The first-order chi connectivity index (χ1) is 7.74. The maximum atomic E-state index is 6.05. The number of anilines is 2. The molecule has 0 radical (unpaired) electrons. The van der Waals surface area contributed by atoms with Crippen LogP contribution >= 0.6 is 0 Å². The molecule has 3 heteroatoms. The Morgan fingerprint density at radius 2 is 2.00 bits per heavy atom.